The summed E-state index contributed by atoms with van der Waals surface area (Å²) in [5, 5.41) is 3.43. The van der Waals surface area contributed by atoms with E-state index in [2.05, 4.69) is 10.2 Å². The van der Waals surface area contributed by atoms with Crippen molar-refractivity contribution >= 4 is 5.91 Å². The average molecular weight is 376 g/mol. The van der Waals surface area contributed by atoms with E-state index in [4.69, 9.17) is 14.2 Å². The average Bonchev–Trinajstić information content (AvgIpc) is 3.54. The molecular weight excluding hydrogens is 344 g/mol. The fourth-order valence-electron chi connectivity index (χ4n) is 3.55. The Bertz CT molecular complexity index is 612. The van der Waals surface area contributed by atoms with Crippen LogP contribution >= 0.6 is 0 Å². The van der Waals surface area contributed by atoms with Gasteiger partial charge < -0.3 is 24.4 Å². The topological polar surface area (TPSA) is 60.0 Å². The molecule has 1 aliphatic carbocycles. The van der Waals surface area contributed by atoms with Crippen molar-refractivity contribution < 1.29 is 19.0 Å². The number of carbonyl (C=O) groups is 1. The first-order valence-electron chi connectivity index (χ1n) is 10.0. The first kappa shape index (κ1) is 20.0. The van der Waals surface area contributed by atoms with E-state index in [1.807, 2.05) is 18.2 Å². The number of ether oxygens (including phenoxy) is 3. The molecule has 2 aliphatic rings. The van der Waals surface area contributed by atoms with Crippen molar-refractivity contribution in [2.24, 2.45) is 5.92 Å². The molecule has 27 heavy (non-hydrogen) atoms. The fraction of sp³-hybridized carbons (Fsp3) is 0.667. The summed E-state index contributed by atoms with van der Waals surface area (Å²) in [6.45, 7) is 3.96. The first-order valence-corrected chi connectivity index (χ1v) is 10.0. The second-order valence-corrected chi connectivity index (χ2v) is 7.46. The highest BCUT2D eigenvalue weighted by atomic mass is 16.5. The van der Waals surface area contributed by atoms with Gasteiger partial charge in [0.2, 0.25) is 0 Å². The Kier molecular flexibility index (Phi) is 7.35. The number of piperidine rings is 1. The van der Waals surface area contributed by atoms with E-state index in [1.54, 1.807) is 14.2 Å². The lowest BCUT2D eigenvalue weighted by Gasteiger charge is -2.35. The van der Waals surface area contributed by atoms with E-state index in [1.165, 1.54) is 12.8 Å². The lowest BCUT2D eigenvalue weighted by molar-refractivity contribution is 0.0636. The summed E-state index contributed by atoms with van der Waals surface area (Å²) in [5.74, 6) is 2.03. The number of amides is 1. The monoisotopic (exact) mass is 376 g/mol. The van der Waals surface area contributed by atoms with Crippen molar-refractivity contribution in [2.45, 2.75) is 38.1 Å². The molecule has 1 N–H and O–H groups in total. The molecule has 1 atom stereocenters. The number of nitrogens with zero attached hydrogens (tertiary/aromatic N) is 1. The molecule has 1 amide bonds. The van der Waals surface area contributed by atoms with Crippen LogP contribution in [0, 0.1) is 5.92 Å². The van der Waals surface area contributed by atoms with E-state index in [0.29, 0.717) is 36.2 Å². The zero-order valence-corrected chi connectivity index (χ0v) is 16.5. The summed E-state index contributed by atoms with van der Waals surface area (Å²) < 4.78 is 16.3. The minimum Gasteiger partial charge on any atom is -0.493 e. The molecule has 0 aromatic heterocycles. The molecule has 6 heteroatoms. The van der Waals surface area contributed by atoms with Crippen LogP contribution in [0.1, 0.15) is 42.5 Å². The summed E-state index contributed by atoms with van der Waals surface area (Å²) in [4.78, 5) is 15.4. The molecule has 1 aromatic carbocycles. The number of benzene rings is 1. The Hall–Kier alpha value is -1.79. The molecule has 6 nitrogen and oxygen atoms in total. The van der Waals surface area contributed by atoms with Crippen molar-refractivity contribution in [3.63, 3.8) is 0 Å². The van der Waals surface area contributed by atoms with Crippen LogP contribution in [0.4, 0.5) is 0 Å². The van der Waals surface area contributed by atoms with Crippen LogP contribution in [0.2, 0.25) is 0 Å². The van der Waals surface area contributed by atoms with E-state index in [-0.39, 0.29) is 11.9 Å². The molecular formula is C21H32N2O4. The van der Waals surface area contributed by atoms with E-state index < -0.39 is 0 Å². The minimum atomic E-state index is 0.0972. The molecule has 0 spiro atoms. The van der Waals surface area contributed by atoms with Crippen LogP contribution in [-0.2, 0) is 4.74 Å². The molecule has 0 radical (unpaired) electrons. The lowest BCUT2D eigenvalue weighted by Crippen LogP contribution is -2.49. The third-order valence-electron chi connectivity index (χ3n) is 5.29. The van der Waals surface area contributed by atoms with Crippen LogP contribution < -0.4 is 14.8 Å². The highest BCUT2D eigenvalue weighted by Crippen LogP contribution is 2.33. The van der Waals surface area contributed by atoms with Gasteiger partial charge in [0, 0.05) is 44.8 Å². The second-order valence-electron chi connectivity index (χ2n) is 7.46. The lowest BCUT2D eigenvalue weighted by atomic mass is 10.0. The molecule has 150 valence electrons. The minimum absolute atomic E-state index is 0.0972. The molecule has 1 aromatic rings. The Morgan fingerprint density at radius 1 is 1.19 bits per heavy atom. The van der Waals surface area contributed by atoms with Gasteiger partial charge in [0.15, 0.2) is 11.5 Å². The van der Waals surface area contributed by atoms with Crippen LogP contribution in [0.3, 0.4) is 0 Å². The van der Waals surface area contributed by atoms with Crippen molar-refractivity contribution in [2.75, 3.05) is 47.1 Å². The molecule has 1 heterocycles. The highest BCUT2D eigenvalue weighted by Gasteiger charge is 2.32. The van der Waals surface area contributed by atoms with Crippen molar-refractivity contribution in [3.8, 4) is 11.5 Å². The molecule has 3 rings (SSSR count). The number of nitrogens with one attached hydrogen (secondary N) is 1. The van der Waals surface area contributed by atoms with E-state index >= 15 is 0 Å². The van der Waals surface area contributed by atoms with Crippen LogP contribution in [0.15, 0.2) is 18.2 Å². The van der Waals surface area contributed by atoms with Gasteiger partial charge in [-0.05, 0) is 56.3 Å². The standard InChI is InChI=1S/C21H32N2O4/c1-25-11-4-12-27-20-13-17(8-9-19(20)26-2)21(24)23(15-16-6-7-16)18-5-3-10-22-14-18/h8-9,13,16,18,22H,3-7,10-12,14-15H2,1-2H3/t18-/m1/s1. The zero-order valence-electron chi connectivity index (χ0n) is 16.5. The molecule has 1 saturated carbocycles. The number of hydrogen-bond donors (Lipinski definition) is 1. The van der Waals surface area contributed by atoms with E-state index in [9.17, 15) is 4.79 Å². The van der Waals surface area contributed by atoms with Gasteiger partial charge in [-0.15, -0.1) is 0 Å². The van der Waals surface area contributed by atoms with Gasteiger partial charge in [0.05, 0.1) is 13.7 Å². The van der Waals surface area contributed by atoms with Gasteiger partial charge in [0.1, 0.15) is 0 Å². The van der Waals surface area contributed by atoms with Crippen LogP contribution in [0.5, 0.6) is 11.5 Å². The number of methoxy groups -OCH3 is 2. The van der Waals surface area contributed by atoms with Gasteiger partial charge in [-0.1, -0.05) is 0 Å². The molecule has 0 unspecified atom stereocenters. The SMILES string of the molecule is COCCCOc1cc(C(=O)N(CC2CC2)[C@@H]2CCCNC2)ccc1OC. The maximum Gasteiger partial charge on any atom is 0.254 e. The Labute approximate surface area is 162 Å². The summed E-state index contributed by atoms with van der Waals surface area (Å²) in [6, 6.07) is 5.77. The van der Waals surface area contributed by atoms with Gasteiger partial charge in [-0.3, -0.25) is 4.79 Å². The highest BCUT2D eigenvalue weighted by molar-refractivity contribution is 5.95. The third kappa shape index (κ3) is 5.59. The Morgan fingerprint density at radius 3 is 2.70 bits per heavy atom. The molecule has 2 fully saturated rings. The summed E-state index contributed by atoms with van der Waals surface area (Å²) in [6.07, 6.45) is 5.46. The largest absolute Gasteiger partial charge is 0.493 e. The predicted octanol–water partition coefficient (Wildman–Crippen LogP) is 2.71. The van der Waals surface area contributed by atoms with Gasteiger partial charge in [-0.25, -0.2) is 0 Å². The first-order chi connectivity index (χ1) is 13.2. The predicted molar refractivity (Wildman–Crippen MR) is 105 cm³/mol. The maximum atomic E-state index is 13.3. The van der Waals surface area contributed by atoms with Gasteiger partial charge in [-0.2, -0.15) is 0 Å². The van der Waals surface area contributed by atoms with Crippen molar-refractivity contribution in [1.29, 1.82) is 0 Å². The fourth-order valence-corrected chi connectivity index (χ4v) is 3.55. The number of carbonyl (C=O) groups excluding carboxylic acids is 1. The summed E-state index contributed by atoms with van der Waals surface area (Å²) in [5.41, 5.74) is 0.670. The Balaban J connectivity index is 1.73. The van der Waals surface area contributed by atoms with Crippen molar-refractivity contribution in [1.82, 2.24) is 10.2 Å². The smallest absolute Gasteiger partial charge is 0.254 e. The summed E-state index contributed by atoms with van der Waals surface area (Å²) in [7, 11) is 3.29. The second kappa shape index (κ2) is 9.95. The zero-order chi connectivity index (χ0) is 19.1. The van der Waals surface area contributed by atoms with Gasteiger partial charge >= 0.3 is 0 Å². The third-order valence-corrected chi connectivity index (χ3v) is 5.29. The van der Waals surface area contributed by atoms with E-state index in [0.717, 1.165) is 38.9 Å². The summed E-state index contributed by atoms with van der Waals surface area (Å²) >= 11 is 0. The molecule has 1 aliphatic heterocycles. The van der Waals surface area contributed by atoms with Crippen LogP contribution in [-0.4, -0.2) is 63.9 Å². The normalized spacial score (nSPS) is 19.6. The Morgan fingerprint density at radius 2 is 2.04 bits per heavy atom. The molecule has 1 saturated heterocycles. The maximum absolute atomic E-state index is 13.3. The number of rotatable bonds is 10. The number of hydrogen-bond acceptors (Lipinski definition) is 5. The van der Waals surface area contributed by atoms with Gasteiger partial charge in [0.25, 0.3) is 5.91 Å². The van der Waals surface area contributed by atoms with Crippen LogP contribution in [0.25, 0.3) is 0 Å². The van der Waals surface area contributed by atoms with Crippen molar-refractivity contribution in [3.05, 3.63) is 23.8 Å². The quantitative estimate of drug-likeness (QED) is 0.636. The molecule has 0 bridgehead atoms.